The van der Waals surface area contributed by atoms with Crippen molar-refractivity contribution in [3.63, 3.8) is 0 Å². The third-order valence-electron chi connectivity index (χ3n) is 6.20. The predicted molar refractivity (Wildman–Crippen MR) is 125 cm³/mol. The molecule has 4 rings (SSSR count). The fraction of sp³-hybridized carbons (Fsp3) is 0.320. The van der Waals surface area contributed by atoms with Crippen LogP contribution >= 0.6 is 0 Å². The first kappa shape index (κ1) is 23.2. The summed E-state index contributed by atoms with van der Waals surface area (Å²) in [7, 11) is -3.76. The number of carbonyl (C=O) groups is 1. The molecule has 0 aliphatic carbocycles. The molecular weight excluding hydrogens is 442 g/mol. The van der Waals surface area contributed by atoms with Gasteiger partial charge in [-0.3, -0.25) is 4.79 Å². The second kappa shape index (κ2) is 9.51. The van der Waals surface area contributed by atoms with E-state index in [4.69, 9.17) is 9.84 Å². The Bertz CT molecular complexity index is 1210. The van der Waals surface area contributed by atoms with Gasteiger partial charge in [-0.1, -0.05) is 54.6 Å². The minimum absolute atomic E-state index is 0.115. The van der Waals surface area contributed by atoms with Crippen LogP contribution in [0.15, 0.2) is 77.7 Å². The first-order chi connectivity index (χ1) is 15.8. The van der Waals surface area contributed by atoms with Crippen molar-refractivity contribution in [1.82, 2.24) is 4.31 Å². The molecular formula is C25H27NO6S. The highest BCUT2D eigenvalue weighted by molar-refractivity contribution is 7.89. The zero-order valence-electron chi connectivity index (χ0n) is 18.1. The van der Waals surface area contributed by atoms with Crippen molar-refractivity contribution in [2.75, 3.05) is 13.1 Å². The number of sulfonamides is 1. The molecule has 0 aromatic heterocycles. The number of para-hydroxylation sites is 1. The van der Waals surface area contributed by atoms with Crippen LogP contribution in [0.25, 0.3) is 10.8 Å². The fourth-order valence-corrected chi connectivity index (χ4v) is 6.01. The molecule has 33 heavy (non-hydrogen) atoms. The van der Waals surface area contributed by atoms with Gasteiger partial charge in [0.2, 0.25) is 10.0 Å². The lowest BCUT2D eigenvalue weighted by atomic mass is 9.84. The minimum Gasteiger partial charge on any atom is -0.487 e. The molecule has 1 unspecified atom stereocenters. The molecule has 1 aliphatic heterocycles. The fourth-order valence-electron chi connectivity index (χ4n) is 4.35. The third kappa shape index (κ3) is 5.03. The number of nitrogens with zero attached hydrogens (tertiary/aromatic N) is 1. The average Bonchev–Trinajstić information content (AvgIpc) is 2.82. The van der Waals surface area contributed by atoms with Crippen molar-refractivity contribution in [1.29, 1.82) is 0 Å². The zero-order chi connectivity index (χ0) is 23.5. The van der Waals surface area contributed by atoms with Gasteiger partial charge in [0.15, 0.2) is 0 Å². The number of hydrogen-bond donors (Lipinski definition) is 2. The molecule has 174 valence electrons. The van der Waals surface area contributed by atoms with Crippen molar-refractivity contribution >= 4 is 26.8 Å². The molecule has 0 amide bonds. The Labute approximate surface area is 193 Å². The van der Waals surface area contributed by atoms with Crippen LogP contribution in [0.2, 0.25) is 0 Å². The molecule has 3 aromatic carbocycles. The Kier molecular flexibility index (Phi) is 6.69. The van der Waals surface area contributed by atoms with Gasteiger partial charge in [0.05, 0.1) is 4.90 Å². The number of rotatable bonds is 8. The standard InChI is InChI=1S/C25H27NO6S/c27-24(28)14-13-23(32-20-9-2-1-3-10-20)25(29)15-17-26(18-16-25)33(30,31)22-12-6-8-19-7-4-5-11-21(19)22/h1-12,23,29H,13-18H2,(H,27,28). The van der Waals surface area contributed by atoms with E-state index >= 15 is 0 Å². The normalized spacial score (nSPS) is 17.5. The van der Waals surface area contributed by atoms with Crippen LogP contribution in [-0.4, -0.2) is 53.7 Å². The van der Waals surface area contributed by atoms with Crippen LogP contribution in [0, 0.1) is 0 Å². The van der Waals surface area contributed by atoms with E-state index < -0.39 is 27.7 Å². The van der Waals surface area contributed by atoms with Crippen LogP contribution in [0.4, 0.5) is 0 Å². The van der Waals surface area contributed by atoms with Gasteiger partial charge < -0.3 is 14.9 Å². The van der Waals surface area contributed by atoms with E-state index in [0.717, 1.165) is 5.39 Å². The topological polar surface area (TPSA) is 104 Å². The molecule has 1 heterocycles. The highest BCUT2D eigenvalue weighted by Gasteiger charge is 2.44. The van der Waals surface area contributed by atoms with Crippen molar-refractivity contribution in [2.24, 2.45) is 0 Å². The molecule has 1 fully saturated rings. The summed E-state index contributed by atoms with van der Waals surface area (Å²) < 4.78 is 34.2. The lowest BCUT2D eigenvalue weighted by Crippen LogP contribution is -2.54. The number of benzene rings is 3. The SMILES string of the molecule is O=C(O)CCC(Oc1ccccc1)C1(O)CCN(S(=O)(=O)c2cccc3ccccc23)CC1. The van der Waals surface area contributed by atoms with Gasteiger partial charge >= 0.3 is 5.97 Å². The molecule has 7 nitrogen and oxygen atoms in total. The Hall–Kier alpha value is -2.94. The highest BCUT2D eigenvalue weighted by Crippen LogP contribution is 2.34. The molecule has 8 heteroatoms. The van der Waals surface area contributed by atoms with E-state index in [9.17, 15) is 18.3 Å². The maximum absolute atomic E-state index is 13.4. The zero-order valence-corrected chi connectivity index (χ0v) is 18.9. The summed E-state index contributed by atoms with van der Waals surface area (Å²) in [5, 5.41) is 22.0. The van der Waals surface area contributed by atoms with Crippen LogP contribution in [0.5, 0.6) is 5.75 Å². The molecule has 2 N–H and O–H groups in total. The summed E-state index contributed by atoms with van der Waals surface area (Å²) in [4.78, 5) is 11.4. The molecule has 0 bridgehead atoms. The molecule has 0 radical (unpaired) electrons. The summed E-state index contributed by atoms with van der Waals surface area (Å²) >= 11 is 0. The summed E-state index contributed by atoms with van der Waals surface area (Å²) in [6, 6.07) is 21.5. The summed E-state index contributed by atoms with van der Waals surface area (Å²) in [6.45, 7) is 0.230. The smallest absolute Gasteiger partial charge is 0.303 e. The van der Waals surface area contributed by atoms with Crippen molar-refractivity contribution in [3.8, 4) is 5.75 Å². The Balaban J connectivity index is 1.54. The summed E-state index contributed by atoms with van der Waals surface area (Å²) in [5.74, 6) is -0.441. The number of piperidine rings is 1. The summed E-state index contributed by atoms with van der Waals surface area (Å²) in [5.41, 5.74) is -1.34. The van der Waals surface area contributed by atoms with Crippen molar-refractivity contribution in [2.45, 2.75) is 42.3 Å². The number of carboxylic acid groups (broad SMARTS) is 1. The average molecular weight is 470 g/mol. The largest absolute Gasteiger partial charge is 0.487 e. The molecule has 1 atom stereocenters. The number of aliphatic hydroxyl groups is 1. The van der Waals surface area contributed by atoms with E-state index in [0.29, 0.717) is 11.1 Å². The van der Waals surface area contributed by atoms with Gasteiger partial charge in [0.1, 0.15) is 17.5 Å². The van der Waals surface area contributed by atoms with E-state index in [1.807, 2.05) is 30.3 Å². The second-order valence-electron chi connectivity index (χ2n) is 8.34. The molecule has 0 spiro atoms. The van der Waals surface area contributed by atoms with Gasteiger partial charge in [-0.15, -0.1) is 0 Å². The number of hydrogen-bond acceptors (Lipinski definition) is 5. The van der Waals surface area contributed by atoms with Gasteiger partial charge in [0.25, 0.3) is 0 Å². The third-order valence-corrected chi connectivity index (χ3v) is 8.15. The van der Waals surface area contributed by atoms with Crippen LogP contribution in [0.3, 0.4) is 0 Å². The van der Waals surface area contributed by atoms with E-state index in [2.05, 4.69) is 0 Å². The molecule has 1 aliphatic rings. The monoisotopic (exact) mass is 469 g/mol. The molecule has 0 saturated carbocycles. The maximum atomic E-state index is 13.4. The predicted octanol–water partition coefficient (Wildman–Crippen LogP) is 3.67. The molecule has 1 saturated heterocycles. The Morgan fingerprint density at radius 1 is 0.970 bits per heavy atom. The first-order valence-electron chi connectivity index (χ1n) is 10.9. The Morgan fingerprint density at radius 2 is 1.61 bits per heavy atom. The number of aliphatic carboxylic acids is 1. The van der Waals surface area contributed by atoms with Gasteiger partial charge in [-0.25, -0.2) is 8.42 Å². The summed E-state index contributed by atoms with van der Waals surface area (Å²) in [6.07, 6.45) is -0.505. The minimum atomic E-state index is -3.76. The Morgan fingerprint density at radius 3 is 2.30 bits per heavy atom. The van der Waals surface area contributed by atoms with Crippen LogP contribution in [0.1, 0.15) is 25.7 Å². The quantitative estimate of drug-likeness (QED) is 0.522. The highest BCUT2D eigenvalue weighted by atomic mass is 32.2. The number of carboxylic acids is 1. The number of fused-ring (bicyclic) bond motifs is 1. The van der Waals surface area contributed by atoms with Crippen molar-refractivity contribution in [3.05, 3.63) is 72.8 Å². The van der Waals surface area contributed by atoms with Gasteiger partial charge in [-0.05, 0) is 42.8 Å². The van der Waals surface area contributed by atoms with Gasteiger partial charge in [0, 0.05) is 24.9 Å². The lowest BCUT2D eigenvalue weighted by Gasteiger charge is -2.42. The van der Waals surface area contributed by atoms with E-state index in [1.165, 1.54) is 4.31 Å². The second-order valence-corrected chi connectivity index (χ2v) is 10.2. The van der Waals surface area contributed by atoms with E-state index in [1.54, 1.807) is 42.5 Å². The van der Waals surface area contributed by atoms with Crippen LogP contribution < -0.4 is 4.74 Å². The van der Waals surface area contributed by atoms with Crippen LogP contribution in [-0.2, 0) is 14.8 Å². The van der Waals surface area contributed by atoms with E-state index in [-0.39, 0.29) is 43.7 Å². The lowest BCUT2D eigenvalue weighted by molar-refractivity contribution is -0.139. The number of ether oxygens (including phenoxy) is 1. The maximum Gasteiger partial charge on any atom is 0.303 e. The van der Waals surface area contributed by atoms with Gasteiger partial charge in [-0.2, -0.15) is 4.31 Å². The molecule has 3 aromatic rings. The first-order valence-corrected chi connectivity index (χ1v) is 12.4. The van der Waals surface area contributed by atoms with Crippen molar-refractivity contribution < 1.29 is 28.2 Å².